The van der Waals surface area contributed by atoms with Gasteiger partial charge >= 0.3 is 0 Å². The molecule has 0 spiro atoms. The molecular weight excluding hydrogens is 332 g/mol. The van der Waals surface area contributed by atoms with E-state index in [1.807, 2.05) is 13.0 Å². The van der Waals surface area contributed by atoms with E-state index in [0.717, 1.165) is 18.8 Å². The van der Waals surface area contributed by atoms with Gasteiger partial charge in [-0.25, -0.2) is 0 Å². The molecular formula is C19H22N4OS. The van der Waals surface area contributed by atoms with E-state index in [0.29, 0.717) is 10.6 Å². The average Bonchev–Trinajstić information content (AvgIpc) is 3.26. The number of rotatable bonds is 5. The van der Waals surface area contributed by atoms with Crippen LogP contribution < -0.4 is 15.5 Å². The van der Waals surface area contributed by atoms with Crippen LogP contribution >= 0.6 is 11.3 Å². The lowest BCUT2D eigenvalue weighted by Gasteiger charge is -2.22. The van der Waals surface area contributed by atoms with Crippen molar-refractivity contribution < 1.29 is 4.79 Å². The van der Waals surface area contributed by atoms with Crippen molar-refractivity contribution >= 4 is 33.6 Å². The Bertz CT molecular complexity index is 802. The average molecular weight is 354 g/mol. The Morgan fingerprint density at radius 1 is 1.32 bits per heavy atom. The highest BCUT2D eigenvalue weighted by atomic mass is 32.1. The van der Waals surface area contributed by atoms with E-state index in [9.17, 15) is 4.79 Å². The van der Waals surface area contributed by atoms with Crippen LogP contribution in [0.3, 0.4) is 0 Å². The Balaban J connectivity index is 1.64. The van der Waals surface area contributed by atoms with Crippen LogP contribution in [-0.2, 0) is 4.79 Å². The maximum absolute atomic E-state index is 12.4. The standard InChI is InChI=1S/C19H22N4OS/c1-13-11-16(5-6-17(13)23-8-3-4-9-23)21-14(2)18(24)22-19-15(12-20)7-10-25-19/h5-7,10-11,14,21H,3-4,8-9H2,1-2H3,(H,22,24)/t14-/m0/s1. The second kappa shape index (κ2) is 7.58. The van der Waals surface area contributed by atoms with Crippen LogP contribution in [0.4, 0.5) is 16.4 Å². The predicted octanol–water partition coefficient (Wildman–Crippen LogP) is 3.97. The summed E-state index contributed by atoms with van der Waals surface area (Å²) in [5.74, 6) is -0.153. The maximum Gasteiger partial charge on any atom is 0.247 e. The number of benzene rings is 1. The molecule has 1 aromatic carbocycles. The van der Waals surface area contributed by atoms with Crippen LogP contribution in [0.1, 0.15) is 30.9 Å². The molecule has 0 radical (unpaired) electrons. The molecule has 1 atom stereocenters. The number of nitrogens with one attached hydrogen (secondary N) is 2. The van der Waals surface area contributed by atoms with Crippen molar-refractivity contribution in [3.05, 3.63) is 40.8 Å². The number of anilines is 3. The van der Waals surface area contributed by atoms with Crippen LogP contribution in [0.5, 0.6) is 0 Å². The summed E-state index contributed by atoms with van der Waals surface area (Å²) in [6.07, 6.45) is 2.51. The first-order valence-electron chi connectivity index (χ1n) is 8.49. The summed E-state index contributed by atoms with van der Waals surface area (Å²) < 4.78 is 0. The largest absolute Gasteiger partial charge is 0.374 e. The Hall–Kier alpha value is -2.52. The van der Waals surface area contributed by atoms with Gasteiger partial charge < -0.3 is 15.5 Å². The molecule has 1 aromatic heterocycles. The fraction of sp³-hybridized carbons (Fsp3) is 0.368. The van der Waals surface area contributed by atoms with Crippen LogP contribution in [-0.4, -0.2) is 25.0 Å². The molecule has 1 saturated heterocycles. The zero-order valence-corrected chi connectivity index (χ0v) is 15.3. The number of thiophene rings is 1. The van der Waals surface area contributed by atoms with Crippen molar-refractivity contribution in [3.63, 3.8) is 0 Å². The molecule has 0 unspecified atom stereocenters. The van der Waals surface area contributed by atoms with E-state index in [2.05, 4.69) is 40.7 Å². The molecule has 1 amide bonds. The fourth-order valence-electron chi connectivity index (χ4n) is 3.09. The lowest BCUT2D eigenvalue weighted by molar-refractivity contribution is -0.116. The Kier molecular flexibility index (Phi) is 5.25. The summed E-state index contributed by atoms with van der Waals surface area (Å²) in [6.45, 7) is 6.16. The topological polar surface area (TPSA) is 68.2 Å². The SMILES string of the molecule is Cc1cc(N[C@@H](C)C(=O)Nc2sccc2C#N)ccc1N1CCCC1. The highest BCUT2D eigenvalue weighted by molar-refractivity contribution is 7.14. The molecule has 2 N–H and O–H groups in total. The summed E-state index contributed by atoms with van der Waals surface area (Å²) in [5.41, 5.74) is 3.91. The highest BCUT2D eigenvalue weighted by Crippen LogP contribution is 2.27. The zero-order valence-electron chi connectivity index (χ0n) is 14.5. The van der Waals surface area contributed by atoms with Gasteiger partial charge in [-0.3, -0.25) is 4.79 Å². The first-order chi connectivity index (χ1) is 12.1. The number of hydrogen-bond donors (Lipinski definition) is 2. The van der Waals surface area contributed by atoms with Crippen LogP contribution in [0.2, 0.25) is 0 Å². The summed E-state index contributed by atoms with van der Waals surface area (Å²) in [7, 11) is 0. The van der Waals surface area contributed by atoms with Crippen molar-refractivity contribution in [1.82, 2.24) is 0 Å². The van der Waals surface area contributed by atoms with Crippen molar-refractivity contribution in [2.45, 2.75) is 32.7 Å². The van der Waals surface area contributed by atoms with Gasteiger partial charge in [-0.1, -0.05) is 0 Å². The molecule has 6 heteroatoms. The zero-order chi connectivity index (χ0) is 17.8. The van der Waals surface area contributed by atoms with Gasteiger partial charge in [0, 0.05) is 24.5 Å². The van der Waals surface area contributed by atoms with Crippen molar-refractivity contribution in [3.8, 4) is 6.07 Å². The first kappa shape index (κ1) is 17.3. The summed E-state index contributed by atoms with van der Waals surface area (Å²) >= 11 is 1.36. The molecule has 1 aliphatic heterocycles. The van der Waals surface area contributed by atoms with Crippen molar-refractivity contribution in [1.29, 1.82) is 5.26 Å². The van der Waals surface area contributed by atoms with Crippen LogP contribution in [0, 0.1) is 18.3 Å². The number of amides is 1. The first-order valence-corrected chi connectivity index (χ1v) is 9.37. The van der Waals surface area contributed by atoms with Gasteiger partial charge in [0.05, 0.1) is 5.56 Å². The Morgan fingerprint density at radius 2 is 2.08 bits per heavy atom. The molecule has 0 saturated carbocycles. The molecule has 1 fully saturated rings. The van der Waals surface area contributed by atoms with Crippen molar-refractivity contribution in [2.75, 3.05) is 28.6 Å². The summed E-state index contributed by atoms with van der Waals surface area (Å²) in [6, 6.07) is 9.63. The summed E-state index contributed by atoms with van der Waals surface area (Å²) in [5, 5.41) is 17.5. The predicted molar refractivity (Wildman–Crippen MR) is 103 cm³/mol. The second-order valence-corrected chi connectivity index (χ2v) is 7.24. The fourth-order valence-corrected chi connectivity index (χ4v) is 3.83. The quantitative estimate of drug-likeness (QED) is 0.852. The molecule has 0 bridgehead atoms. The van der Waals surface area contributed by atoms with E-state index < -0.39 is 6.04 Å². The third-order valence-corrected chi connectivity index (χ3v) is 5.27. The lowest BCUT2D eigenvalue weighted by atomic mass is 10.1. The second-order valence-electron chi connectivity index (χ2n) is 6.33. The number of carbonyl (C=O) groups excluding carboxylic acids is 1. The van der Waals surface area contributed by atoms with Crippen LogP contribution in [0.25, 0.3) is 0 Å². The van der Waals surface area contributed by atoms with E-state index in [1.165, 1.54) is 35.4 Å². The third-order valence-electron chi connectivity index (χ3n) is 4.44. The van der Waals surface area contributed by atoms with Gasteiger partial charge in [-0.15, -0.1) is 11.3 Å². The van der Waals surface area contributed by atoms with Crippen molar-refractivity contribution in [2.24, 2.45) is 0 Å². The van der Waals surface area contributed by atoms with Gasteiger partial charge in [0.2, 0.25) is 5.91 Å². The van der Waals surface area contributed by atoms with Gasteiger partial charge in [0.1, 0.15) is 17.1 Å². The molecule has 1 aliphatic rings. The minimum atomic E-state index is -0.398. The number of nitriles is 1. The molecule has 130 valence electrons. The maximum atomic E-state index is 12.4. The highest BCUT2D eigenvalue weighted by Gasteiger charge is 2.17. The third kappa shape index (κ3) is 3.94. The molecule has 2 aromatic rings. The molecule has 2 heterocycles. The molecule has 0 aliphatic carbocycles. The van der Waals surface area contributed by atoms with E-state index in [-0.39, 0.29) is 5.91 Å². The minimum absolute atomic E-state index is 0.153. The smallest absolute Gasteiger partial charge is 0.247 e. The lowest BCUT2D eigenvalue weighted by Crippen LogP contribution is -2.31. The van der Waals surface area contributed by atoms with Gasteiger partial charge in [0.25, 0.3) is 0 Å². The van der Waals surface area contributed by atoms with E-state index >= 15 is 0 Å². The number of nitrogens with zero attached hydrogens (tertiary/aromatic N) is 2. The van der Waals surface area contributed by atoms with E-state index in [1.54, 1.807) is 11.4 Å². The Morgan fingerprint density at radius 3 is 2.76 bits per heavy atom. The Labute approximate surface area is 152 Å². The monoisotopic (exact) mass is 354 g/mol. The normalized spacial score (nSPS) is 14.8. The number of hydrogen-bond acceptors (Lipinski definition) is 5. The molecule has 25 heavy (non-hydrogen) atoms. The summed E-state index contributed by atoms with van der Waals surface area (Å²) in [4.78, 5) is 14.8. The van der Waals surface area contributed by atoms with Crippen LogP contribution in [0.15, 0.2) is 29.6 Å². The molecule has 3 rings (SSSR count). The van der Waals surface area contributed by atoms with E-state index in [4.69, 9.17) is 5.26 Å². The van der Waals surface area contributed by atoms with Gasteiger partial charge in [-0.05, 0) is 61.9 Å². The number of aryl methyl sites for hydroxylation is 1. The number of carbonyl (C=O) groups is 1. The van der Waals surface area contributed by atoms with Gasteiger partial charge in [0.15, 0.2) is 0 Å². The minimum Gasteiger partial charge on any atom is -0.374 e. The molecule has 5 nitrogen and oxygen atoms in total. The van der Waals surface area contributed by atoms with Gasteiger partial charge in [-0.2, -0.15) is 5.26 Å².